The second-order valence-corrected chi connectivity index (χ2v) is 9.35. The first-order chi connectivity index (χ1) is 18.1. The Balaban J connectivity index is 1.17. The third-order valence-corrected chi connectivity index (χ3v) is 6.85. The molecule has 0 atom stereocenters. The SMILES string of the molecule is NC[C@H]1CC[C@H](n2cc3c(nc2=O)Nc2c(OCCNC(=O)NCc4ccccc4)cccc2O3)CC1. The smallest absolute Gasteiger partial charge is 0.350 e. The van der Waals surface area contributed by atoms with E-state index in [1.54, 1.807) is 16.8 Å². The second kappa shape index (κ2) is 11.3. The van der Waals surface area contributed by atoms with E-state index < -0.39 is 0 Å². The number of anilines is 2. The number of hydrogen-bond acceptors (Lipinski definition) is 7. The average Bonchev–Trinajstić information content (AvgIpc) is 2.93. The Morgan fingerprint density at radius 2 is 1.89 bits per heavy atom. The Morgan fingerprint density at radius 3 is 2.68 bits per heavy atom. The standard InChI is InChI=1S/C27H32N6O4/c28-15-18-9-11-20(12-10-18)33-17-23-25(32-27(33)35)31-24-21(7-4-8-22(24)37-23)36-14-13-29-26(34)30-16-19-5-2-1-3-6-19/h1-8,17-18,20H,9-16,28H2,(H2,29,30,34)(H,31,32,35)/t18-,20-. The van der Waals surface area contributed by atoms with Crippen LogP contribution in [0.25, 0.3) is 0 Å². The third-order valence-electron chi connectivity index (χ3n) is 6.85. The summed E-state index contributed by atoms with van der Waals surface area (Å²) in [5, 5.41) is 8.79. The number of ether oxygens (including phenoxy) is 2. The van der Waals surface area contributed by atoms with Gasteiger partial charge < -0.3 is 31.2 Å². The highest BCUT2D eigenvalue weighted by Crippen LogP contribution is 2.45. The largest absolute Gasteiger partial charge is 0.489 e. The molecule has 0 bridgehead atoms. The van der Waals surface area contributed by atoms with E-state index in [1.807, 2.05) is 42.5 Å². The van der Waals surface area contributed by atoms with Gasteiger partial charge in [-0.3, -0.25) is 4.57 Å². The quantitative estimate of drug-likeness (QED) is 0.269. The van der Waals surface area contributed by atoms with Gasteiger partial charge in [0.15, 0.2) is 17.3 Å². The van der Waals surface area contributed by atoms with Crippen LogP contribution in [0.1, 0.15) is 37.3 Å². The molecular weight excluding hydrogens is 472 g/mol. The summed E-state index contributed by atoms with van der Waals surface area (Å²) in [5.74, 6) is 2.51. The molecule has 2 aromatic carbocycles. The molecule has 5 N–H and O–H groups in total. The Morgan fingerprint density at radius 1 is 1.08 bits per heavy atom. The van der Waals surface area contributed by atoms with E-state index in [0.29, 0.717) is 54.3 Å². The molecule has 1 fully saturated rings. The van der Waals surface area contributed by atoms with Crippen molar-refractivity contribution >= 4 is 17.5 Å². The number of amides is 2. The van der Waals surface area contributed by atoms with Gasteiger partial charge >= 0.3 is 11.7 Å². The molecule has 1 aliphatic heterocycles. The van der Waals surface area contributed by atoms with Crippen molar-refractivity contribution in [2.45, 2.75) is 38.3 Å². The van der Waals surface area contributed by atoms with Crippen molar-refractivity contribution in [1.82, 2.24) is 20.2 Å². The Labute approximate surface area is 215 Å². The summed E-state index contributed by atoms with van der Waals surface area (Å²) in [5.41, 5.74) is 7.12. The summed E-state index contributed by atoms with van der Waals surface area (Å²) in [6.45, 7) is 1.71. The van der Waals surface area contributed by atoms with Gasteiger partial charge in [-0.15, -0.1) is 0 Å². The number of fused-ring (bicyclic) bond motifs is 2. The summed E-state index contributed by atoms with van der Waals surface area (Å²) in [4.78, 5) is 29.1. The van der Waals surface area contributed by atoms with Crippen molar-refractivity contribution in [3.05, 3.63) is 70.8 Å². The minimum absolute atomic E-state index is 0.102. The second-order valence-electron chi connectivity index (χ2n) is 9.35. The number of para-hydroxylation sites is 1. The van der Waals surface area contributed by atoms with E-state index in [9.17, 15) is 9.59 Å². The predicted molar refractivity (Wildman–Crippen MR) is 141 cm³/mol. The van der Waals surface area contributed by atoms with Gasteiger partial charge in [-0.1, -0.05) is 36.4 Å². The molecule has 2 aliphatic rings. The molecule has 10 heteroatoms. The van der Waals surface area contributed by atoms with Crippen molar-refractivity contribution in [2.75, 3.05) is 25.0 Å². The maximum atomic E-state index is 12.8. The number of nitrogens with one attached hydrogen (secondary N) is 3. The number of nitrogens with zero attached hydrogens (tertiary/aromatic N) is 2. The fourth-order valence-corrected chi connectivity index (χ4v) is 4.78. The van der Waals surface area contributed by atoms with Gasteiger partial charge in [-0.2, -0.15) is 4.98 Å². The molecule has 2 heterocycles. The lowest BCUT2D eigenvalue weighted by Crippen LogP contribution is -2.37. The van der Waals surface area contributed by atoms with E-state index in [-0.39, 0.29) is 24.4 Å². The van der Waals surface area contributed by atoms with Crippen LogP contribution >= 0.6 is 0 Å². The average molecular weight is 505 g/mol. The van der Waals surface area contributed by atoms with E-state index in [4.69, 9.17) is 15.2 Å². The molecule has 1 aromatic heterocycles. The zero-order valence-corrected chi connectivity index (χ0v) is 20.6. The van der Waals surface area contributed by atoms with Crippen LogP contribution in [0.15, 0.2) is 59.5 Å². The van der Waals surface area contributed by atoms with Gasteiger partial charge in [0.2, 0.25) is 0 Å². The van der Waals surface area contributed by atoms with Gasteiger partial charge in [0.05, 0.1) is 12.7 Å². The number of benzene rings is 2. The topological polar surface area (TPSA) is 133 Å². The van der Waals surface area contributed by atoms with Crippen molar-refractivity contribution < 1.29 is 14.3 Å². The van der Waals surface area contributed by atoms with Crippen molar-refractivity contribution in [3.63, 3.8) is 0 Å². The van der Waals surface area contributed by atoms with Gasteiger partial charge in [0.25, 0.3) is 0 Å². The highest BCUT2D eigenvalue weighted by atomic mass is 16.5. The number of carbonyl (C=O) groups is 1. The van der Waals surface area contributed by atoms with E-state index in [0.717, 1.165) is 31.2 Å². The minimum atomic E-state index is -0.307. The van der Waals surface area contributed by atoms with Gasteiger partial charge in [0, 0.05) is 12.6 Å². The summed E-state index contributed by atoms with van der Waals surface area (Å²) in [6, 6.07) is 15.0. The summed E-state index contributed by atoms with van der Waals surface area (Å²) >= 11 is 0. The molecule has 2 amide bonds. The first kappa shape index (κ1) is 24.6. The maximum absolute atomic E-state index is 12.8. The zero-order valence-electron chi connectivity index (χ0n) is 20.6. The van der Waals surface area contributed by atoms with Gasteiger partial charge in [-0.05, 0) is 55.8 Å². The van der Waals surface area contributed by atoms with Crippen LogP contribution in [0.2, 0.25) is 0 Å². The fraction of sp³-hybridized carbons (Fsp3) is 0.370. The minimum Gasteiger partial charge on any atom is -0.489 e. The van der Waals surface area contributed by atoms with Crippen molar-refractivity contribution in [1.29, 1.82) is 0 Å². The van der Waals surface area contributed by atoms with Crippen LogP contribution in [-0.2, 0) is 6.54 Å². The number of rotatable bonds is 8. The van der Waals surface area contributed by atoms with Crippen LogP contribution in [0.4, 0.5) is 16.3 Å². The third kappa shape index (κ3) is 5.86. The molecule has 3 aromatic rings. The lowest BCUT2D eigenvalue weighted by atomic mass is 9.86. The first-order valence-corrected chi connectivity index (χ1v) is 12.7. The molecule has 0 radical (unpaired) electrons. The highest BCUT2D eigenvalue weighted by molar-refractivity contribution is 5.77. The Kier molecular flexibility index (Phi) is 7.55. The number of carbonyl (C=O) groups excluding carboxylic acids is 1. The molecule has 5 rings (SSSR count). The van der Waals surface area contributed by atoms with Gasteiger partial charge in [-0.25, -0.2) is 9.59 Å². The molecule has 194 valence electrons. The van der Waals surface area contributed by atoms with Crippen LogP contribution in [-0.4, -0.2) is 35.3 Å². The maximum Gasteiger partial charge on any atom is 0.350 e. The van der Waals surface area contributed by atoms with E-state index in [2.05, 4.69) is 20.9 Å². The molecule has 0 spiro atoms. The number of nitrogens with two attached hydrogens (primary N) is 1. The van der Waals surface area contributed by atoms with Crippen LogP contribution < -0.4 is 36.8 Å². The number of hydrogen-bond donors (Lipinski definition) is 4. The zero-order chi connectivity index (χ0) is 25.6. The summed E-state index contributed by atoms with van der Waals surface area (Å²) in [6.07, 6.45) is 5.58. The molecule has 10 nitrogen and oxygen atoms in total. The molecule has 37 heavy (non-hydrogen) atoms. The van der Waals surface area contributed by atoms with E-state index in [1.165, 1.54) is 0 Å². The first-order valence-electron chi connectivity index (χ1n) is 12.7. The Hall–Kier alpha value is -4.05. The summed E-state index contributed by atoms with van der Waals surface area (Å²) in [7, 11) is 0. The van der Waals surface area contributed by atoms with Crippen LogP contribution in [0, 0.1) is 5.92 Å². The highest BCUT2D eigenvalue weighted by Gasteiger charge is 2.27. The molecule has 0 saturated heterocycles. The number of urea groups is 1. The van der Waals surface area contributed by atoms with Gasteiger partial charge in [0.1, 0.15) is 18.0 Å². The fourth-order valence-electron chi connectivity index (χ4n) is 4.78. The molecular formula is C27H32N6O4. The van der Waals surface area contributed by atoms with Crippen LogP contribution in [0.5, 0.6) is 17.2 Å². The number of aromatic nitrogens is 2. The monoisotopic (exact) mass is 504 g/mol. The summed E-state index contributed by atoms with van der Waals surface area (Å²) < 4.78 is 13.7. The molecule has 0 unspecified atom stereocenters. The molecule has 1 aliphatic carbocycles. The molecule has 1 saturated carbocycles. The van der Waals surface area contributed by atoms with Crippen LogP contribution in [0.3, 0.4) is 0 Å². The Bertz CT molecular complexity index is 1290. The van der Waals surface area contributed by atoms with E-state index >= 15 is 0 Å². The lowest BCUT2D eigenvalue weighted by molar-refractivity contribution is 0.236. The normalized spacial score (nSPS) is 18.0. The lowest BCUT2D eigenvalue weighted by Gasteiger charge is -2.30. The van der Waals surface area contributed by atoms with Crippen molar-refractivity contribution in [2.24, 2.45) is 11.7 Å². The van der Waals surface area contributed by atoms with Crippen molar-refractivity contribution in [3.8, 4) is 17.2 Å². The predicted octanol–water partition coefficient (Wildman–Crippen LogP) is 3.66.